The summed E-state index contributed by atoms with van der Waals surface area (Å²) in [4.78, 5) is 25.6. The van der Waals surface area contributed by atoms with Crippen LogP contribution in [0, 0.1) is 11.7 Å². The number of carbonyl (C=O) groups is 2. The summed E-state index contributed by atoms with van der Waals surface area (Å²) in [6.45, 7) is 2.99. The molecule has 2 amide bonds. The zero-order valence-corrected chi connectivity index (χ0v) is 11.6. The molecular formula is C15H19FN2O2. The number of carbonyl (C=O) groups excluding carboxylic acids is 2. The molecule has 0 aliphatic carbocycles. The smallest absolute Gasteiger partial charge is 0.229 e. The van der Waals surface area contributed by atoms with Crippen LogP contribution in [0.15, 0.2) is 24.3 Å². The lowest BCUT2D eigenvalue weighted by atomic mass is 9.96. The van der Waals surface area contributed by atoms with Gasteiger partial charge in [-0.05, 0) is 31.0 Å². The van der Waals surface area contributed by atoms with Crippen molar-refractivity contribution in [2.24, 2.45) is 5.92 Å². The number of likely N-dealkylation sites (tertiary alicyclic amines) is 1. The van der Waals surface area contributed by atoms with Gasteiger partial charge >= 0.3 is 0 Å². The molecule has 4 nitrogen and oxygen atoms in total. The maximum absolute atomic E-state index is 13.1. The fourth-order valence-electron chi connectivity index (χ4n) is 2.45. The Morgan fingerprint density at radius 3 is 2.95 bits per heavy atom. The van der Waals surface area contributed by atoms with Gasteiger partial charge in [-0.2, -0.15) is 0 Å². The number of rotatable bonds is 3. The van der Waals surface area contributed by atoms with E-state index in [1.165, 1.54) is 12.1 Å². The molecule has 0 bridgehead atoms. The predicted molar refractivity (Wildman–Crippen MR) is 74.6 cm³/mol. The van der Waals surface area contributed by atoms with Gasteiger partial charge in [0.15, 0.2) is 0 Å². The molecule has 1 saturated heterocycles. The van der Waals surface area contributed by atoms with E-state index in [1.807, 2.05) is 6.92 Å². The summed E-state index contributed by atoms with van der Waals surface area (Å²) in [7, 11) is 0. The molecule has 108 valence electrons. The molecule has 1 aliphatic heterocycles. The lowest BCUT2D eigenvalue weighted by Crippen LogP contribution is -2.43. The maximum Gasteiger partial charge on any atom is 0.229 e. The van der Waals surface area contributed by atoms with Crippen molar-refractivity contribution in [1.29, 1.82) is 0 Å². The van der Waals surface area contributed by atoms with Crippen molar-refractivity contribution in [3.8, 4) is 0 Å². The number of amides is 2. The minimum Gasteiger partial charge on any atom is -0.342 e. The molecule has 1 fully saturated rings. The van der Waals surface area contributed by atoms with Crippen molar-refractivity contribution in [3.05, 3.63) is 30.1 Å². The van der Waals surface area contributed by atoms with Crippen LogP contribution in [0.1, 0.15) is 26.2 Å². The Morgan fingerprint density at radius 1 is 1.45 bits per heavy atom. The first-order valence-electron chi connectivity index (χ1n) is 6.94. The van der Waals surface area contributed by atoms with Crippen molar-refractivity contribution >= 4 is 17.5 Å². The van der Waals surface area contributed by atoms with Crippen molar-refractivity contribution in [1.82, 2.24) is 4.90 Å². The number of benzene rings is 1. The molecule has 1 N–H and O–H groups in total. The zero-order chi connectivity index (χ0) is 14.5. The highest BCUT2D eigenvalue weighted by Gasteiger charge is 2.27. The first kappa shape index (κ1) is 14.5. The van der Waals surface area contributed by atoms with Gasteiger partial charge in [0.05, 0.1) is 5.92 Å². The van der Waals surface area contributed by atoms with Crippen LogP contribution in [-0.2, 0) is 9.59 Å². The number of hydrogen-bond acceptors (Lipinski definition) is 2. The molecule has 0 radical (unpaired) electrons. The third kappa shape index (κ3) is 3.56. The molecule has 1 aromatic rings. The topological polar surface area (TPSA) is 49.4 Å². The Labute approximate surface area is 118 Å². The molecule has 1 aliphatic rings. The highest BCUT2D eigenvalue weighted by molar-refractivity contribution is 5.93. The molecule has 1 atom stereocenters. The van der Waals surface area contributed by atoms with Crippen LogP contribution < -0.4 is 5.32 Å². The average molecular weight is 278 g/mol. The Bertz CT molecular complexity index is 504. The lowest BCUT2D eigenvalue weighted by Gasteiger charge is -2.31. The molecule has 0 saturated carbocycles. The molecule has 0 spiro atoms. The van der Waals surface area contributed by atoms with Crippen molar-refractivity contribution in [3.63, 3.8) is 0 Å². The summed E-state index contributed by atoms with van der Waals surface area (Å²) in [6.07, 6.45) is 2.04. The number of nitrogens with one attached hydrogen (secondary N) is 1. The summed E-state index contributed by atoms with van der Waals surface area (Å²) in [5.74, 6) is -0.672. The molecule has 20 heavy (non-hydrogen) atoms. The molecule has 1 aromatic carbocycles. The van der Waals surface area contributed by atoms with Gasteiger partial charge in [0.25, 0.3) is 0 Å². The van der Waals surface area contributed by atoms with Gasteiger partial charge in [0.2, 0.25) is 11.8 Å². The number of halogens is 1. The minimum atomic E-state index is -0.380. The van der Waals surface area contributed by atoms with Crippen molar-refractivity contribution in [2.75, 3.05) is 18.4 Å². The second kappa shape index (κ2) is 6.50. The molecule has 0 aromatic heterocycles. The van der Waals surface area contributed by atoms with Gasteiger partial charge in [-0.3, -0.25) is 9.59 Å². The quantitative estimate of drug-likeness (QED) is 0.923. The third-order valence-corrected chi connectivity index (χ3v) is 3.54. The number of anilines is 1. The highest BCUT2D eigenvalue weighted by atomic mass is 19.1. The zero-order valence-electron chi connectivity index (χ0n) is 11.6. The van der Waals surface area contributed by atoms with E-state index >= 15 is 0 Å². The van der Waals surface area contributed by atoms with E-state index in [1.54, 1.807) is 17.0 Å². The summed E-state index contributed by atoms with van der Waals surface area (Å²) in [5, 5.41) is 2.71. The van der Waals surface area contributed by atoms with E-state index in [-0.39, 0.29) is 23.5 Å². The Kier molecular flexibility index (Phi) is 4.71. The SMILES string of the molecule is CCC(=O)N1CCCC(C(=O)Nc2cccc(F)c2)C1. The Hall–Kier alpha value is -1.91. The van der Waals surface area contributed by atoms with Gasteiger partial charge < -0.3 is 10.2 Å². The highest BCUT2D eigenvalue weighted by Crippen LogP contribution is 2.19. The van der Waals surface area contributed by atoms with E-state index < -0.39 is 0 Å². The van der Waals surface area contributed by atoms with E-state index in [2.05, 4.69) is 5.32 Å². The largest absolute Gasteiger partial charge is 0.342 e. The van der Waals surface area contributed by atoms with Crippen LogP contribution in [0.4, 0.5) is 10.1 Å². The van der Waals surface area contributed by atoms with Crippen molar-refractivity contribution < 1.29 is 14.0 Å². The van der Waals surface area contributed by atoms with Crippen LogP contribution in [0.3, 0.4) is 0 Å². The molecule has 1 heterocycles. The number of piperidine rings is 1. The van der Waals surface area contributed by atoms with Crippen LogP contribution in [0.25, 0.3) is 0 Å². The summed E-state index contributed by atoms with van der Waals surface area (Å²) >= 11 is 0. The van der Waals surface area contributed by atoms with Gasteiger partial charge in [0.1, 0.15) is 5.82 Å². The lowest BCUT2D eigenvalue weighted by molar-refractivity contribution is -0.134. The van der Waals surface area contributed by atoms with Gasteiger partial charge in [-0.15, -0.1) is 0 Å². The van der Waals surface area contributed by atoms with Gasteiger partial charge in [-0.1, -0.05) is 13.0 Å². The minimum absolute atomic E-state index is 0.0771. The average Bonchev–Trinajstić information content (AvgIpc) is 2.46. The van der Waals surface area contributed by atoms with Gasteiger partial charge in [0, 0.05) is 25.2 Å². The summed E-state index contributed by atoms with van der Waals surface area (Å²) < 4.78 is 13.1. The second-order valence-corrected chi connectivity index (χ2v) is 5.03. The molecule has 2 rings (SSSR count). The van der Waals surface area contributed by atoms with Crippen LogP contribution in [0.5, 0.6) is 0 Å². The molecule has 1 unspecified atom stereocenters. The summed E-state index contributed by atoms with van der Waals surface area (Å²) in [5.41, 5.74) is 0.453. The van der Waals surface area contributed by atoms with E-state index in [0.717, 1.165) is 19.4 Å². The van der Waals surface area contributed by atoms with Crippen molar-refractivity contribution in [2.45, 2.75) is 26.2 Å². The number of nitrogens with zero attached hydrogens (tertiary/aromatic N) is 1. The number of hydrogen-bond donors (Lipinski definition) is 1. The molecule has 5 heteroatoms. The fraction of sp³-hybridized carbons (Fsp3) is 0.467. The first-order valence-corrected chi connectivity index (χ1v) is 6.94. The third-order valence-electron chi connectivity index (χ3n) is 3.54. The van der Waals surface area contributed by atoms with E-state index in [0.29, 0.717) is 18.7 Å². The summed E-state index contributed by atoms with van der Waals surface area (Å²) in [6, 6.07) is 5.82. The predicted octanol–water partition coefficient (Wildman–Crippen LogP) is 2.41. The normalized spacial score (nSPS) is 18.7. The second-order valence-electron chi connectivity index (χ2n) is 5.03. The van der Waals surface area contributed by atoms with E-state index in [4.69, 9.17) is 0 Å². The first-order chi connectivity index (χ1) is 9.60. The maximum atomic E-state index is 13.1. The van der Waals surface area contributed by atoms with Crippen LogP contribution >= 0.6 is 0 Å². The Balaban J connectivity index is 1.97. The van der Waals surface area contributed by atoms with Crippen LogP contribution in [0.2, 0.25) is 0 Å². The Morgan fingerprint density at radius 2 is 2.25 bits per heavy atom. The van der Waals surface area contributed by atoms with E-state index in [9.17, 15) is 14.0 Å². The standard InChI is InChI=1S/C15H19FN2O2/c1-2-14(19)18-8-4-5-11(10-18)15(20)17-13-7-3-6-12(16)9-13/h3,6-7,9,11H,2,4-5,8,10H2,1H3,(H,17,20). The molecular weight excluding hydrogens is 259 g/mol. The van der Waals surface area contributed by atoms with Crippen LogP contribution in [-0.4, -0.2) is 29.8 Å². The van der Waals surface area contributed by atoms with Gasteiger partial charge in [-0.25, -0.2) is 4.39 Å². The fourth-order valence-corrected chi connectivity index (χ4v) is 2.45. The monoisotopic (exact) mass is 278 g/mol.